The third-order valence-electron chi connectivity index (χ3n) is 5.46. The lowest BCUT2D eigenvalue weighted by Crippen LogP contribution is -2.37. The highest BCUT2D eigenvalue weighted by molar-refractivity contribution is 7.99. The molecule has 0 amide bonds. The van der Waals surface area contributed by atoms with Crippen LogP contribution in [-0.2, 0) is 11.0 Å². The lowest BCUT2D eigenvalue weighted by molar-refractivity contribution is -0.152. The van der Waals surface area contributed by atoms with Crippen molar-refractivity contribution in [3.05, 3.63) is 84.1 Å². The van der Waals surface area contributed by atoms with E-state index in [2.05, 4.69) is 5.10 Å². The van der Waals surface area contributed by atoms with E-state index in [4.69, 9.17) is 4.74 Å². The van der Waals surface area contributed by atoms with E-state index < -0.39 is 23.3 Å². The highest BCUT2D eigenvalue weighted by atomic mass is 32.2. The molecule has 4 aromatic rings. The molecular weight excluding hydrogens is 477 g/mol. The average Bonchev–Trinajstić information content (AvgIpc) is 3.19. The highest BCUT2D eigenvalue weighted by Crippen LogP contribution is 2.40. The molecule has 0 bridgehead atoms. The Morgan fingerprint density at radius 1 is 1.00 bits per heavy atom. The first-order valence-corrected chi connectivity index (χ1v) is 11.7. The van der Waals surface area contributed by atoms with Crippen molar-refractivity contribution < 1.29 is 27.8 Å². The summed E-state index contributed by atoms with van der Waals surface area (Å²) in [4.78, 5) is 12.2. The molecule has 1 N–H and O–H groups in total. The van der Waals surface area contributed by atoms with Crippen LogP contribution in [0, 0.1) is 0 Å². The molecule has 3 aromatic carbocycles. The maximum Gasteiger partial charge on any atom is 0.416 e. The number of carboxylic acids is 1. The van der Waals surface area contributed by atoms with Crippen molar-refractivity contribution in [3.63, 3.8) is 0 Å². The summed E-state index contributed by atoms with van der Waals surface area (Å²) in [6, 6.07) is 19.6. The lowest BCUT2D eigenvalue weighted by Gasteiger charge is -2.21. The molecule has 5 nitrogen and oxygen atoms in total. The normalized spacial score (nSPS) is 13.1. The van der Waals surface area contributed by atoms with Gasteiger partial charge in [-0.25, -0.2) is 9.48 Å². The molecule has 4 rings (SSSR count). The van der Waals surface area contributed by atoms with Gasteiger partial charge in [0.05, 0.1) is 22.5 Å². The number of hydrogen-bond acceptors (Lipinski definition) is 4. The largest absolute Gasteiger partial charge is 0.478 e. The number of aromatic nitrogens is 2. The van der Waals surface area contributed by atoms with Gasteiger partial charge in [-0.3, -0.25) is 0 Å². The van der Waals surface area contributed by atoms with Crippen LogP contribution >= 0.6 is 11.8 Å². The maximum absolute atomic E-state index is 13.0. The standard InChI is InChI=1S/C26H23F3N2O3S/c1-16(35-20-14-12-19(13-15-20)34-25(2,3)24(32)33)23-21-6-4-5-7-22(21)30-31(23)18-10-8-17(9-11-18)26(27,28)29/h4-16H,1-3H3,(H,32,33). The fraction of sp³-hybridized carbons (Fsp3) is 0.231. The van der Waals surface area contributed by atoms with Gasteiger partial charge in [0.2, 0.25) is 0 Å². The van der Waals surface area contributed by atoms with Crippen molar-refractivity contribution in [2.45, 2.75) is 42.7 Å². The molecule has 0 aliphatic carbocycles. The first-order chi connectivity index (χ1) is 16.5. The number of aliphatic carboxylic acids is 1. The summed E-state index contributed by atoms with van der Waals surface area (Å²) in [7, 11) is 0. The topological polar surface area (TPSA) is 64.3 Å². The molecule has 0 saturated heterocycles. The van der Waals surface area contributed by atoms with Crippen LogP contribution in [0.4, 0.5) is 13.2 Å². The van der Waals surface area contributed by atoms with Crippen molar-refractivity contribution >= 4 is 28.6 Å². The second-order valence-corrected chi connectivity index (χ2v) is 9.92. The number of fused-ring (bicyclic) bond motifs is 1. The van der Waals surface area contributed by atoms with E-state index in [0.717, 1.165) is 33.6 Å². The first kappa shape index (κ1) is 24.7. The van der Waals surface area contributed by atoms with Crippen LogP contribution in [0.25, 0.3) is 16.6 Å². The van der Waals surface area contributed by atoms with E-state index in [1.54, 1.807) is 28.6 Å². The van der Waals surface area contributed by atoms with Crippen molar-refractivity contribution in [1.82, 2.24) is 9.78 Å². The number of hydrogen-bond donors (Lipinski definition) is 1. The van der Waals surface area contributed by atoms with Crippen molar-refractivity contribution in [2.24, 2.45) is 0 Å². The molecule has 9 heteroatoms. The zero-order chi connectivity index (χ0) is 25.4. The number of nitrogens with zero attached hydrogens (tertiary/aromatic N) is 2. The van der Waals surface area contributed by atoms with Gasteiger partial charge in [0.15, 0.2) is 5.60 Å². The molecule has 0 fully saturated rings. The monoisotopic (exact) mass is 500 g/mol. The molecular formula is C26H23F3N2O3S. The second kappa shape index (κ2) is 9.30. The molecule has 0 aliphatic heterocycles. The van der Waals surface area contributed by atoms with Gasteiger partial charge >= 0.3 is 12.1 Å². The molecule has 0 radical (unpaired) electrons. The number of thioether (sulfide) groups is 1. The number of benzene rings is 3. The molecule has 0 spiro atoms. The van der Waals surface area contributed by atoms with Gasteiger partial charge in [0.25, 0.3) is 0 Å². The lowest BCUT2D eigenvalue weighted by atomic mass is 10.1. The number of carboxylic acid groups (broad SMARTS) is 1. The van der Waals surface area contributed by atoms with E-state index in [1.807, 2.05) is 43.3 Å². The number of rotatable bonds is 7. The molecule has 182 valence electrons. The summed E-state index contributed by atoms with van der Waals surface area (Å²) in [5.41, 5.74) is 0.0773. The molecule has 0 saturated carbocycles. The Labute approximate surface area is 204 Å². The third-order valence-corrected chi connectivity index (χ3v) is 6.59. The average molecular weight is 501 g/mol. The minimum Gasteiger partial charge on any atom is -0.478 e. The summed E-state index contributed by atoms with van der Waals surface area (Å²) >= 11 is 1.55. The van der Waals surface area contributed by atoms with E-state index in [0.29, 0.717) is 11.4 Å². The van der Waals surface area contributed by atoms with Gasteiger partial charge < -0.3 is 9.84 Å². The highest BCUT2D eigenvalue weighted by Gasteiger charge is 2.31. The van der Waals surface area contributed by atoms with Crippen molar-refractivity contribution in [2.75, 3.05) is 0 Å². The van der Waals surface area contributed by atoms with Gasteiger partial charge in [-0.15, -0.1) is 11.8 Å². The van der Waals surface area contributed by atoms with Crippen LogP contribution in [0.15, 0.2) is 77.7 Å². The van der Waals surface area contributed by atoms with E-state index >= 15 is 0 Å². The van der Waals surface area contributed by atoms with Gasteiger partial charge in [-0.05, 0) is 75.4 Å². The summed E-state index contributed by atoms with van der Waals surface area (Å²) in [5, 5.41) is 14.7. The number of ether oxygens (including phenoxy) is 1. The predicted molar refractivity (Wildman–Crippen MR) is 129 cm³/mol. The van der Waals surface area contributed by atoms with Crippen LogP contribution in [0.1, 0.15) is 37.3 Å². The quantitative estimate of drug-likeness (QED) is 0.273. The predicted octanol–water partition coefficient (Wildman–Crippen LogP) is 7.14. The van der Waals surface area contributed by atoms with Crippen molar-refractivity contribution in [3.8, 4) is 11.4 Å². The van der Waals surface area contributed by atoms with E-state index in [-0.39, 0.29) is 5.25 Å². The van der Waals surface area contributed by atoms with Gasteiger partial charge in [-0.1, -0.05) is 18.2 Å². The van der Waals surface area contributed by atoms with Crippen molar-refractivity contribution in [1.29, 1.82) is 0 Å². The number of alkyl halides is 3. The van der Waals surface area contributed by atoms with Crippen LogP contribution in [0.2, 0.25) is 0 Å². The zero-order valence-corrected chi connectivity index (χ0v) is 20.0. The minimum absolute atomic E-state index is 0.105. The Kier molecular flexibility index (Phi) is 6.55. The van der Waals surface area contributed by atoms with E-state index in [9.17, 15) is 23.1 Å². The fourth-order valence-electron chi connectivity index (χ4n) is 3.62. The first-order valence-electron chi connectivity index (χ1n) is 10.8. The smallest absolute Gasteiger partial charge is 0.416 e. The second-order valence-electron chi connectivity index (χ2n) is 8.51. The van der Waals surface area contributed by atoms with E-state index in [1.165, 1.54) is 26.0 Å². The summed E-state index contributed by atoms with van der Waals surface area (Å²) in [6.07, 6.45) is -4.41. The van der Waals surface area contributed by atoms with Gasteiger partial charge in [0.1, 0.15) is 5.75 Å². The summed E-state index contributed by atoms with van der Waals surface area (Å²) in [6.45, 7) is 4.97. The molecule has 1 aromatic heterocycles. The Morgan fingerprint density at radius 2 is 1.63 bits per heavy atom. The molecule has 1 unspecified atom stereocenters. The Morgan fingerprint density at radius 3 is 2.23 bits per heavy atom. The molecule has 35 heavy (non-hydrogen) atoms. The van der Waals surface area contributed by atoms with Crippen LogP contribution < -0.4 is 4.74 Å². The van der Waals surface area contributed by atoms with Gasteiger partial charge in [-0.2, -0.15) is 18.3 Å². The number of halogens is 3. The SMILES string of the molecule is CC(Sc1ccc(OC(C)(C)C(=O)O)cc1)c1c2ccccc2nn1-c1ccc(C(F)(F)F)cc1. The summed E-state index contributed by atoms with van der Waals surface area (Å²) < 4.78 is 46.4. The Balaban J connectivity index is 1.64. The maximum atomic E-state index is 13.0. The third kappa shape index (κ3) is 5.30. The Bertz CT molecular complexity index is 1350. The summed E-state index contributed by atoms with van der Waals surface area (Å²) in [5.74, 6) is -0.623. The minimum atomic E-state index is -4.41. The molecule has 0 aliphatic rings. The molecule has 1 atom stereocenters. The zero-order valence-electron chi connectivity index (χ0n) is 19.2. The fourth-order valence-corrected chi connectivity index (χ4v) is 4.66. The van der Waals surface area contributed by atoms with Crippen LogP contribution in [-0.4, -0.2) is 26.5 Å². The van der Waals surface area contributed by atoms with Crippen LogP contribution in [0.5, 0.6) is 5.75 Å². The number of carbonyl (C=O) groups is 1. The van der Waals surface area contributed by atoms with Crippen LogP contribution in [0.3, 0.4) is 0 Å². The Hall–Kier alpha value is -3.46. The molecule has 1 heterocycles. The van der Waals surface area contributed by atoms with Gasteiger partial charge in [0, 0.05) is 15.5 Å².